The van der Waals surface area contributed by atoms with E-state index in [1.165, 1.54) is 11.0 Å². The van der Waals surface area contributed by atoms with Gasteiger partial charge in [0.15, 0.2) is 34.7 Å². The molecule has 0 spiro atoms. The van der Waals surface area contributed by atoms with Crippen LogP contribution >= 0.6 is 0 Å². The van der Waals surface area contributed by atoms with Crippen molar-refractivity contribution in [3.8, 4) is 5.75 Å². The third-order valence-electron chi connectivity index (χ3n) is 10.0. The Labute approximate surface area is 245 Å². The number of fused-ring (bicyclic) bond motifs is 3. The molecular weight excluding hydrogens is 540 g/mol. The quantitative estimate of drug-likeness (QED) is 0.439. The molecule has 4 aliphatic carbocycles. The maximum Gasteiger partial charge on any atom is 0.235 e. The zero-order chi connectivity index (χ0) is 31.0. The van der Waals surface area contributed by atoms with E-state index < -0.39 is 64.4 Å². The van der Waals surface area contributed by atoms with Crippen LogP contribution in [0.25, 0.3) is 0 Å². The lowest BCUT2D eigenvalue weighted by Crippen LogP contribution is -2.74. The second-order valence-electron chi connectivity index (χ2n) is 14.2. The van der Waals surface area contributed by atoms with Crippen molar-refractivity contribution in [3.05, 3.63) is 28.8 Å². The predicted molar refractivity (Wildman–Crippen MR) is 151 cm³/mol. The van der Waals surface area contributed by atoms with Crippen molar-refractivity contribution in [1.82, 2.24) is 4.90 Å². The first-order chi connectivity index (χ1) is 19.5. The molecule has 4 N–H and O–H groups in total. The number of phenolic OH excluding ortho intramolecular Hbond substituents is 1. The number of hydrogen-bond acceptors (Lipinski definition) is 9. The third-order valence-corrected chi connectivity index (χ3v) is 10.0. The first-order valence-electron chi connectivity index (χ1n) is 14.7. The van der Waals surface area contributed by atoms with E-state index in [0.717, 1.165) is 24.8 Å². The molecule has 10 heteroatoms. The highest BCUT2D eigenvalue weighted by atomic mass is 16.3. The number of hydrogen-bond donors (Lipinski definition) is 3. The summed E-state index contributed by atoms with van der Waals surface area (Å²) in [6.45, 7) is 6.06. The number of nitrogens with zero attached hydrogens (tertiary/aromatic N) is 1. The summed E-state index contributed by atoms with van der Waals surface area (Å²) in [5, 5.41) is 22.6. The molecule has 1 aromatic rings. The highest BCUT2D eigenvalue weighted by molar-refractivity contribution is 6.32. The summed E-state index contributed by atoms with van der Waals surface area (Å²) in [7, 11) is 3.11. The van der Waals surface area contributed by atoms with E-state index in [-0.39, 0.29) is 47.2 Å². The van der Waals surface area contributed by atoms with Gasteiger partial charge in [-0.25, -0.2) is 0 Å². The molecule has 0 aliphatic heterocycles. The first kappa shape index (κ1) is 30.2. The summed E-state index contributed by atoms with van der Waals surface area (Å²) in [5.74, 6) is -10.8. The molecule has 0 radical (unpaired) electrons. The average Bonchev–Trinajstić information content (AvgIpc) is 3.35. The Balaban J connectivity index is 1.58. The van der Waals surface area contributed by atoms with Gasteiger partial charge in [0.1, 0.15) is 11.5 Å². The molecule has 42 heavy (non-hydrogen) atoms. The Kier molecular flexibility index (Phi) is 7.33. The number of phenols is 1. The summed E-state index contributed by atoms with van der Waals surface area (Å²) in [5.41, 5.74) is 3.83. The van der Waals surface area contributed by atoms with Crippen LogP contribution in [0.1, 0.15) is 80.3 Å². The number of likely N-dealkylation sites (N-methyl/N-ethyl adjacent to an activating group) is 1. The zero-order valence-electron chi connectivity index (χ0n) is 24.8. The van der Waals surface area contributed by atoms with Gasteiger partial charge in [-0.05, 0) is 74.2 Å². The average molecular weight is 581 g/mol. The van der Waals surface area contributed by atoms with Gasteiger partial charge in [-0.3, -0.25) is 33.7 Å². The SMILES string of the molecule is CN(C)[C@@H]1C(=O)C(C(N)=O)C(=O)[C@@]2(O)C(=O)C3C(=O)c4c(O)ccc(C5CCCC5C(=O)CC(C)(C)C)c4C[C@H]3C[C@@H]12. The van der Waals surface area contributed by atoms with Crippen molar-refractivity contribution >= 4 is 34.8 Å². The van der Waals surface area contributed by atoms with Gasteiger partial charge in [0.05, 0.1) is 17.5 Å². The highest BCUT2D eigenvalue weighted by Gasteiger charge is 2.69. The monoisotopic (exact) mass is 580 g/mol. The van der Waals surface area contributed by atoms with Crippen molar-refractivity contribution in [2.45, 2.75) is 76.9 Å². The van der Waals surface area contributed by atoms with Crippen LogP contribution in [0.15, 0.2) is 12.1 Å². The minimum Gasteiger partial charge on any atom is -0.507 e. The number of aliphatic hydroxyl groups is 1. The van der Waals surface area contributed by atoms with Gasteiger partial charge >= 0.3 is 0 Å². The lowest BCUT2D eigenvalue weighted by Gasteiger charge is -2.52. The van der Waals surface area contributed by atoms with Crippen LogP contribution < -0.4 is 5.73 Å². The maximum absolute atomic E-state index is 14.0. The molecule has 10 nitrogen and oxygen atoms in total. The number of carbonyl (C=O) groups is 6. The number of amides is 1. The molecular formula is C32H40N2O8. The van der Waals surface area contributed by atoms with Gasteiger partial charge < -0.3 is 15.9 Å². The second-order valence-corrected chi connectivity index (χ2v) is 14.2. The molecule has 4 aliphatic rings. The summed E-state index contributed by atoms with van der Waals surface area (Å²) < 4.78 is 0. The summed E-state index contributed by atoms with van der Waals surface area (Å²) in [6.07, 6.45) is 2.96. The Hall–Kier alpha value is -3.24. The van der Waals surface area contributed by atoms with Crippen LogP contribution in [-0.2, 0) is 30.4 Å². The molecule has 5 rings (SSSR count). The van der Waals surface area contributed by atoms with Crippen LogP contribution in [0.4, 0.5) is 0 Å². The smallest absolute Gasteiger partial charge is 0.235 e. The van der Waals surface area contributed by atoms with Crippen molar-refractivity contribution in [1.29, 1.82) is 0 Å². The second kappa shape index (κ2) is 10.2. The number of aromatic hydroxyl groups is 1. The summed E-state index contributed by atoms with van der Waals surface area (Å²) in [4.78, 5) is 81.7. The fourth-order valence-corrected chi connectivity index (χ4v) is 8.35. The van der Waals surface area contributed by atoms with Crippen LogP contribution in [0, 0.1) is 35.0 Å². The molecule has 0 saturated heterocycles. The van der Waals surface area contributed by atoms with Crippen LogP contribution in [0.3, 0.4) is 0 Å². The molecule has 226 valence electrons. The number of ketones is 5. The van der Waals surface area contributed by atoms with Crippen LogP contribution in [-0.4, -0.2) is 75.7 Å². The maximum atomic E-state index is 14.0. The molecule has 0 heterocycles. The molecule has 8 atom stereocenters. The zero-order valence-corrected chi connectivity index (χ0v) is 24.8. The van der Waals surface area contributed by atoms with E-state index in [1.54, 1.807) is 20.2 Å². The first-order valence-corrected chi connectivity index (χ1v) is 14.7. The standard InChI is InChI=1S/C32H40N2O8/c1-31(2,3)13-21(36)17-8-6-7-15(17)16-9-10-20(35)23-18(16)11-14-12-19-25(34(4)5)27(38)24(30(33)41)29(40)32(19,42)28(39)22(14)26(23)37/h9-10,14-15,17,19,22,24-25,35,42H,6-8,11-13H2,1-5H3,(H2,33,41)/t14-,15?,17?,19-,22?,24?,25-,32-/m0/s1. The summed E-state index contributed by atoms with van der Waals surface area (Å²) >= 11 is 0. The Bertz CT molecular complexity index is 1410. The normalized spacial score (nSPS) is 34.7. The molecule has 0 bridgehead atoms. The van der Waals surface area contributed by atoms with Crippen molar-refractivity contribution < 1.29 is 39.0 Å². The number of primary amides is 1. The number of rotatable bonds is 5. The number of benzene rings is 1. The van der Waals surface area contributed by atoms with Gasteiger partial charge in [-0.1, -0.05) is 33.3 Å². The molecule has 0 aromatic heterocycles. The van der Waals surface area contributed by atoms with Crippen molar-refractivity contribution in [2.75, 3.05) is 14.1 Å². The van der Waals surface area contributed by atoms with Gasteiger partial charge in [-0.15, -0.1) is 0 Å². The molecule has 3 fully saturated rings. The molecule has 3 saturated carbocycles. The Morgan fingerprint density at radius 1 is 1.07 bits per heavy atom. The minimum atomic E-state index is -2.75. The van der Waals surface area contributed by atoms with E-state index in [1.807, 2.05) is 20.8 Å². The largest absolute Gasteiger partial charge is 0.507 e. The molecule has 4 unspecified atom stereocenters. The summed E-state index contributed by atoms with van der Waals surface area (Å²) in [6, 6.07) is 2.03. The van der Waals surface area contributed by atoms with Gasteiger partial charge in [0, 0.05) is 18.3 Å². The van der Waals surface area contributed by atoms with E-state index >= 15 is 0 Å². The van der Waals surface area contributed by atoms with Crippen molar-refractivity contribution in [3.63, 3.8) is 0 Å². The fraction of sp³-hybridized carbons (Fsp3) is 0.625. The number of nitrogens with two attached hydrogens (primary N) is 1. The minimum absolute atomic E-state index is 0.00393. The van der Waals surface area contributed by atoms with Crippen molar-refractivity contribution in [2.24, 2.45) is 40.7 Å². The topological polar surface area (TPSA) is 172 Å². The molecule has 1 aromatic carbocycles. The van der Waals surface area contributed by atoms with Gasteiger partial charge in [0.25, 0.3) is 0 Å². The van der Waals surface area contributed by atoms with E-state index in [4.69, 9.17) is 5.73 Å². The van der Waals surface area contributed by atoms with Gasteiger partial charge in [0.2, 0.25) is 5.91 Å². The Morgan fingerprint density at radius 2 is 1.74 bits per heavy atom. The van der Waals surface area contributed by atoms with Gasteiger partial charge in [-0.2, -0.15) is 0 Å². The Morgan fingerprint density at radius 3 is 2.33 bits per heavy atom. The highest BCUT2D eigenvalue weighted by Crippen LogP contribution is 2.53. The van der Waals surface area contributed by atoms with E-state index in [9.17, 15) is 39.0 Å². The third kappa shape index (κ3) is 4.45. The number of Topliss-reactive ketones (excluding diaryl/α,β-unsaturated/α-hetero) is 5. The van der Waals surface area contributed by atoms with Crippen LogP contribution in [0.5, 0.6) is 5.75 Å². The van der Waals surface area contributed by atoms with E-state index in [0.29, 0.717) is 12.0 Å². The lowest BCUT2D eigenvalue weighted by molar-refractivity contribution is -0.181. The number of carbonyl (C=O) groups excluding carboxylic acids is 6. The van der Waals surface area contributed by atoms with Crippen LogP contribution in [0.2, 0.25) is 0 Å². The van der Waals surface area contributed by atoms with E-state index in [2.05, 4.69) is 0 Å². The molecule has 1 amide bonds. The predicted octanol–water partition coefficient (Wildman–Crippen LogP) is 1.76. The fourth-order valence-electron chi connectivity index (χ4n) is 8.35. The lowest BCUT2D eigenvalue weighted by atomic mass is 9.52.